The smallest absolute Gasteiger partial charge is 0.224 e. The number of fused-ring (bicyclic) bond motifs is 3. The van der Waals surface area contributed by atoms with E-state index in [-0.39, 0.29) is 0 Å². The number of rotatable bonds is 6. The van der Waals surface area contributed by atoms with Crippen LogP contribution in [0.15, 0.2) is 115 Å². The molecule has 0 aliphatic heterocycles. The van der Waals surface area contributed by atoms with Crippen molar-refractivity contribution in [3.63, 3.8) is 0 Å². The van der Waals surface area contributed by atoms with Gasteiger partial charge in [-0.15, -0.1) is 0 Å². The Bertz CT molecular complexity index is 2040. The largest absolute Gasteiger partial charge is 0.480 e. The lowest BCUT2D eigenvalue weighted by atomic mass is 10.1. The molecule has 6 nitrogen and oxygen atoms in total. The topological polar surface area (TPSA) is 54.1 Å². The molecule has 3 aromatic heterocycles. The Morgan fingerprint density at radius 2 is 1.46 bits per heavy atom. The highest BCUT2D eigenvalue weighted by atomic mass is 16.5. The van der Waals surface area contributed by atoms with Crippen molar-refractivity contribution in [2.75, 3.05) is 7.11 Å². The van der Waals surface area contributed by atoms with Crippen molar-refractivity contribution in [2.24, 2.45) is 0 Å². The number of aryl methyl sites for hydroxylation is 2. The van der Waals surface area contributed by atoms with E-state index in [1.165, 1.54) is 5.39 Å². The number of hydrogen-bond donors (Lipinski definition) is 0. The Morgan fingerprint density at radius 3 is 2.29 bits per heavy atom. The second-order valence-corrected chi connectivity index (χ2v) is 10.1. The summed E-state index contributed by atoms with van der Waals surface area (Å²) in [6, 6.07) is 36.8. The van der Waals surface area contributed by atoms with Crippen molar-refractivity contribution in [1.82, 2.24) is 19.3 Å². The molecule has 3 heterocycles. The van der Waals surface area contributed by atoms with Crippen LogP contribution in [-0.4, -0.2) is 26.4 Å². The highest BCUT2D eigenvalue weighted by molar-refractivity contribution is 6.09. The molecule has 0 saturated heterocycles. The van der Waals surface area contributed by atoms with E-state index < -0.39 is 0 Å². The Labute approximate surface area is 238 Å². The Hall–Kier alpha value is -5.36. The summed E-state index contributed by atoms with van der Waals surface area (Å²) in [6.07, 6.45) is 1.85. The molecule has 0 unspecified atom stereocenters. The van der Waals surface area contributed by atoms with Crippen LogP contribution in [0.1, 0.15) is 11.3 Å². The minimum absolute atomic E-state index is 0.683. The fourth-order valence-corrected chi connectivity index (χ4v) is 5.52. The van der Waals surface area contributed by atoms with Gasteiger partial charge < -0.3 is 9.47 Å². The van der Waals surface area contributed by atoms with Gasteiger partial charge in [0.2, 0.25) is 5.88 Å². The third-order valence-corrected chi connectivity index (χ3v) is 7.35. The summed E-state index contributed by atoms with van der Waals surface area (Å²) in [4.78, 5) is 4.69. The number of para-hydroxylation sites is 1. The first-order chi connectivity index (χ1) is 20.1. The molecule has 0 amide bonds. The van der Waals surface area contributed by atoms with Gasteiger partial charge in [-0.2, -0.15) is 5.10 Å². The van der Waals surface area contributed by atoms with E-state index in [1.54, 1.807) is 7.11 Å². The molecular formula is C35H28N4O2. The highest BCUT2D eigenvalue weighted by Gasteiger charge is 2.19. The fourth-order valence-electron chi connectivity index (χ4n) is 5.52. The van der Waals surface area contributed by atoms with E-state index in [1.807, 2.05) is 72.4 Å². The zero-order valence-corrected chi connectivity index (χ0v) is 23.1. The molecule has 0 bridgehead atoms. The molecule has 4 aromatic carbocycles. The number of pyridine rings is 1. The lowest BCUT2D eigenvalue weighted by Gasteiger charge is -2.11. The molecule has 7 aromatic rings. The van der Waals surface area contributed by atoms with Gasteiger partial charge in [-0.1, -0.05) is 54.6 Å². The molecular weight excluding hydrogens is 508 g/mol. The standard InChI is InChI=1S/C35H28N4O2/c1-23-18-19-36-33(20-23)38-31-15-8-7-14-29(31)30-17-16-28(22-32(30)38)41-27-13-9-12-26(21-27)39-35(40-3)34(24(2)37-39)25-10-5-4-6-11-25/h4-22H,1-3H3. The number of ether oxygens (including phenoxy) is 2. The molecule has 0 aliphatic rings. The maximum absolute atomic E-state index is 6.44. The number of nitrogens with zero attached hydrogens (tertiary/aromatic N) is 4. The first-order valence-electron chi connectivity index (χ1n) is 13.5. The number of benzene rings is 4. The van der Waals surface area contributed by atoms with Gasteiger partial charge in [0, 0.05) is 29.1 Å². The first-order valence-corrected chi connectivity index (χ1v) is 13.5. The van der Waals surface area contributed by atoms with Crippen LogP contribution in [0.5, 0.6) is 17.4 Å². The van der Waals surface area contributed by atoms with Gasteiger partial charge >= 0.3 is 0 Å². The Morgan fingerprint density at radius 1 is 0.683 bits per heavy atom. The van der Waals surface area contributed by atoms with Gasteiger partial charge in [0.15, 0.2) is 0 Å². The van der Waals surface area contributed by atoms with Gasteiger partial charge in [0.1, 0.15) is 17.3 Å². The Balaban J connectivity index is 1.30. The van der Waals surface area contributed by atoms with Crippen molar-refractivity contribution in [1.29, 1.82) is 0 Å². The minimum Gasteiger partial charge on any atom is -0.480 e. The van der Waals surface area contributed by atoms with Crippen LogP contribution in [0, 0.1) is 13.8 Å². The summed E-state index contributed by atoms with van der Waals surface area (Å²) in [7, 11) is 1.68. The van der Waals surface area contributed by atoms with Crippen LogP contribution >= 0.6 is 0 Å². The first kappa shape index (κ1) is 24.7. The minimum atomic E-state index is 0.683. The van der Waals surface area contributed by atoms with E-state index in [9.17, 15) is 0 Å². The van der Waals surface area contributed by atoms with Crippen LogP contribution < -0.4 is 9.47 Å². The second kappa shape index (κ2) is 9.99. The van der Waals surface area contributed by atoms with Crippen molar-refractivity contribution >= 4 is 21.8 Å². The molecule has 6 heteroatoms. The van der Waals surface area contributed by atoms with Gasteiger partial charge in [0.05, 0.1) is 35.1 Å². The summed E-state index contributed by atoms with van der Waals surface area (Å²) in [5.74, 6) is 3.00. The van der Waals surface area contributed by atoms with Gasteiger partial charge in [-0.25, -0.2) is 9.67 Å². The summed E-state index contributed by atoms with van der Waals surface area (Å²) < 4.78 is 16.3. The third kappa shape index (κ3) is 4.30. The zero-order valence-electron chi connectivity index (χ0n) is 23.1. The highest BCUT2D eigenvalue weighted by Crippen LogP contribution is 2.37. The summed E-state index contributed by atoms with van der Waals surface area (Å²) in [5, 5.41) is 7.14. The average molecular weight is 537 g/mol. The van der Waals surface area contributed by atoms with E-state index in [4.69, 9.17) is 14.6 Å². The van der Waals surface area contributed by atoms with Crippen molar-refractivity contribution in [3.8, 4) is 40.0 Å². The molecule has 0 radical (unpaired) electrons. The van der Waals surface area contributed by atoms with Crippen molar-refractivity contribution < 1.29 is 9.47 Å². The van der Waals surface area contributed by atoms with Crippen LogP contribution in [0.2, 0.25) is 0 Å². The van der Waals surface area contributed by atoms with Crippen molar-refractivity contribution in [2.45, 2.75) is 13.8 Å². The Kier molecular flexibility index (Phi) is 6.01. The molecule has 7 rings (SSSR count). The lowest BCUT2D eigenvalue weighted by molar-refractivity contribution is 0.385. The van der Waals surface area contributed by atoms with Crippen LogP contribution in [0.3, 0.4) is 0 Å². The monoisotopic (exact) mass is 536 g/mol. The molecule has 0 fully saturated rings. The summed E-state index contributed by atoms with van der Waals surface area (Å²) in [5.41, 5.74) is 7.08. The fraction of sp³-hybridized carbons (Fsp3) is 0.0857. The van der Waals surface area contributed by atoms with Gasteiger partial charge in [-0.3, -0.25) is 4.57 Å². The molecule has 41 heavy (non-hydrogen) atoms. The van der Waals surface area contributed by atoms with E-state index in [0.29, 0.717) is 11.6 Å². The van der Waals surface area contributed by atoms with Crippen LogP contribution in [-0.2, 0) is 0 Å². The predicted molar refractivity (Wildman–Crippen MR) is 164 cm³/mol. The summed E-state index contributed by atoms with van der Waals surface area (Å²) in [6.45, 7) is 4.08. The molecule has 0 atom stereocenters. The normalized spacial score (nSPS) is 11.3. The zero-order chi connectivity index (χ0) is 27.9. The number of methoxy groups -OCH3 is 1. The van der Waals surface area contributed by atoms with Crippen LogP contribution in [0.25, 0.3) is 44.4 Å². The molecule has 200 valence electrons. The summed E-state index contributed by atoms with van der Waals surface area (Å²) >= 11 is 0. The molecule has 0 spiro atoms. The quantitative estimate of drug-likeness (QED) is 0.214. The lowest BCUT2D eigenvalue weighted by Crippen LogP contribution is -2.00. The SMILES string of the molecule is COc1c(-c2ccccc2)c(C)nn1-c1cccc(Oc2ccc3c4ccccc4n(-c4cc(C)ccn4)c3c2)c1. The predicted octanol–water partition coefficient (Wildman–Crippen LogP) is 8.45. The number of aromatic nitrogens is 4. The van der Waals surface area contributed by atoms with E-state index in [2.05, 4.69) is 71.1 Å². The van der Waals surface area contributed by atoms with Crippen LogP contribution in [0.4, 0.5) is 0 Å². The second-order valence-electron chi connectivity index (χ2n) is 10.1. The maximum Gasteiger partial charge on any atom is 0.224 e. The molecule has 0 N–H and O–H groups in total. The molecule has 0 saturated carbocycles. The van der Waals surface area contributed by atoms with Gasteiger partial charge in [-0.05, 0) is 67.4 Å². The average Bonchev–Trinajstić information content (AvgIpc) is 3.51. The third-order valence-electron chi connectivity index (χ3n) is 7.35. The van der Waals surface area contributed by atoms with E-state index in [0.717, 1.165) is 56.1 Å². The van der Waals surface area contributed by atoms with Gasteiger partial charge in [0.25, 0.3) is 0 Å². The van der Waals surface area contributed by atoms with Crippen molar-refractivity contribution in [3.05, 3.63) is 127 Å². The van der Waals surface area contributed by atoms with E-state index >= 15 is 0 Å². The molecule has 0 aliphatic carbocycles. The maximum atomic E-state index is 6.44. The number of hydrogen-bond acceptors (Lipinski definition) is 4.